The van der Waals surface area contributed by atoms with E-state index in [0.717, 1.165) is 17.5 Å². The lowest BCUT2D eigenvalue weighted by molar-refractivity contribution is -0.0257. The zero-order chi connectivity index (χ0) is 18.3. The quantitative estimate of drug-likeness (QED) is 0.757. The number of aryl methyl sites for hydroxylation is 2. The average Bonchev–Trinajstić information content (AvgIpc) is 3.20. The van der Waals surface area contributed by atoms with Gasteiger partial charge in [0, 0.05) is 26.2 Å². The second-order valence-corrected chi connectivity index (χ2v) is 7.18. The summed E-state index contributed by atoms with van der Waals surface area (Å²) in [6.45, 7) is 2.90. The molecule has 3 aromatic rings. The Hall–Kier alpha value is -2.74. The average molecular weight is 354 g/mol. The van der Waals surface area contributed by atoms with Crippen molar-refractivity contribution in [2.75, 3.05) is 13.1 Å². The van der Waals surface area contributed by atoms with E-state index in [9.17, 15) is 9.90 Å². The molecule has 1 N–H and O–H groups in total. The molecule has 1 atom stereocenters. The van der Waals surface area contributed by atoms with Gasteiger partial charge in [0.2, 0.25) is 0 Å². The maximum Gasteiger partial charge on any atom is 0.257 e. The third kappa shape index (κ3) is 2.96. The Balaban J connectivity index is 1.58. The Labute approximate surface area is 151 Å². The van der Waals surface area contributed by atoms with Crippen LogP contribution in [0.2, 0.25) is 0 Å². The molecule has 0 aromatic carbocycles. The van der Waals surface area contributed by atoms with Crippen molar-refractivity contribution in [3.8, 4) is 0 Å². The van der Waals surface area contributed by atoms with Crippen molar-refractivity contribution < 1.29 is 9.90 Å². The smallest absolute Gasteiger partial charge is 0.257 e. The second kappa shape index (κ2) is 6.21. The topological polar surface area (TPSA) is 88.6 Å². The molecule has 1 aliphatic heterocycles. The first kappa shape index (κ1) is 16.7. The van der Waals surface area contributed by atoms with Crippen LogP contribution in [0.4, 0.5) is 0 Å². The predicted octanol–water partition coefficient (Wildman–Crippen LogP) is 0.981. The van der Waals surface area contributed by atoms with Gasteiger partial charge in [0.25, 0.3) is 5.91 Å². The van der Waals surface area contributed by atoms with Crippen LogP contribution in [0.15, 0.2) is 30.9 Å². The van der Waals surface area contributed by atoms with E-state index in [0.29, 0.717) is 30.8 Å². The summed E-state index contributed by atoms with van der Waals surface area (Å²) >= 11 is 0. The molecule has 8 heteroatoms. The first-order valence-corrected chi connectivity index (χ1v) is 8.74. The number of amides is 1. The first-order valence-electron chi connectivity index (χ1n) is 8.74. The van der Waals surface area contributed by atoms with Crippen molar-refractivity contribution in [3.05, 3.63) is 47.8 Å². The standard InChI is InChI=1S/C18H22N6O2/c1-13-4-7-24-15(8-13)14(10-20-24)17(25)23-6-3-5-18(26,11-23)9-16-21-19-12-22(16)2/h4,7-8,10,12,26H,3,5-6,9,11H2,1-2H3. The number of fused-ring (bicyclic) bond motifs is 1. The van der Waals surface area contributed by atoms with Crippen LogP contribution in [0.5, 0.6) is 0 Å². The minimum absolute atomic E-state index is 0.0957. The molecule has 1 unspecified atom stereocenters. The molecule has 1 saturated heterocycles. The monoisotopic (exact) mass is 354 g/mol. The summed E-state index contributed by atoms with van der Waals surface area (Å²) in [4.78, 5) is 14.8. The van der Waals surface area contributed by atoms with Crippen LogP contribution in [0.3, 0.4) is 0 Å². The number of nitrogens with zero attached hydrogens (tertiary/aromatic N) is 6. The van der Waals surface area contributed by atoms with Crippen LogP contribution >= 0.6 is 0 Å². The number of aliphatic hydroxyl groups is 1. The minimum Gasteiger partial charge on any atom is -0.388 e. The van der Waals surface area contributed by atoms with Crippen LogP contribution < -0.4 is 0 Å². The van der Waals surface area contributed by atoms with Gasteiger partial charge in [0.1, 0.15) is 12.2 Å². The molecule has 136 valence electrons. The van der Waals surface area contributed by atoms with Gasteiger partial charge in [-0.25, -0.2) is 4.52 Å². The molecule has 0 bridgehead atoms. The number of piperidine rings is 1. The number of β-amino-alcohol motifs (C(OH)–C–C–N with tert-alkyl or cyclic N) is 1. The predicted molar refractivity (Wildman–Crippen MR) is 94.7 cm³/mol. The van der Waals surface area contributed by atoms with Crippen molar-refractivity contribution in [3.63, 3.8) is 0 Å². The molecule has 4 heterocycles. The molecule has 1 aliphatic rings. The molecule has 0 aliphatic carbocycles. The molecule has 0 spiro atoms. The van der Waals surface area contributed by atoms with Gasteiger partial charge in [-0.15, -0.1) is 10.2 Å². The van der Waals surface area contributed by atoms with Gasteiger partial charge >= 0.3 is 0 Å². The summed E-state index contributed by atoms with van der Waals surface area (Å²) in [6, 6.07) is 3.91. The lowest BCUT2D eigenvalue weighted by Gasteiger charge is -2.39. The number of carbonyl (C=O) groups is 1. The highest BCUT2D eigenvalue weighted by molar-refractivity contribution is 6.00. The summed E-state index contributed by atoms with van der Waals surface area (Å²) in [7, 11) is 1.85. The van der Waals surface area contributed by atoms with E-state index in [1.165, 1.54) is 0 Å². The van der Waals surface area contributed by atoms with Gasteiger partial charge in [-0.05, 0) is 37.5 Å². The number of carbonyl (C=O) groups excluding carboxylic acids is 1. The van der Waals surface area contributed by atoms with Gasteiger partial charge in [0.05, 0.1) is 29.4 Å². The third-order valence-corrected chi connectivity index (χ3v) is 5.04. The number of hydrogen-bond acceptors (Lipinski definition) is 5. The fraction of sp³-hybridized carbons (Fsp3) is 0.444. The molecule has 1 amide bonds. The van der Waals surface area contributed by atoms with Gasteiger partial charge in [-0.1, -0.05) is 0 Å². The lowest BCUT2D eigenvalue weighted by atomic mass is 9.89. The van der Waals surface area contributed by atoms with Crippen LogP contribution in [0.25, 0.3) is 5.52 Å². The molecule has 0 radical (unpaired) electrons. The number of likely N-dealkylation sites (tertiary alicyclic amines) is 1. The summed E-state index contributed by atoms with van der Waals surface area (Å²) in [6.07, 6.45) is 6.83. The van der Waals surface area contributed by atoms with Gasteiger partial charge in [-0.2, -0.15) is 5.10 Å². The highest BCUT2D eigenvalue weighted by Crippen LogP contribution is 2.26. The van der Waals surface area contributed by atoms with Crippen molar-refractivity contribution in [2.24, 2.45) is 7.05 Å². The molecule has 0 saturated carbocycles. The summed E-state index contributed by atoms with van der Waals surface area (Å²) < 4.78 is 3.50. The molecule has 3 aromatic heterocycles. The van der Waals surface area contributed by atoms with Crippen molar-refractivity contribution >= 4 is 11.4 Å². The zero-order valence-electron chi connectivity index (χ0n) is 15.0. The fourth-order valence-corrected chi connectivity index (χ4v) is 3.61. The highest BCUT2D eigenvalue weighted by Gasteiger charge is 2.37. The maximum absolute atomic E-state index is 13.1. The molecule has 8 nitrogen and oxygen atoms in total. The second-order valence-electron chi connectivity index (χ2n) is 7.18. The fourth-order valence-electron chi connectivity index (χ4n) is 3.61. The molecular formula is C18H22N6O2. The van der Waals surface area contributed by atoms with E-state index in [4.69, 9.17) is 0 Å². The molecule has 4 rings (SSSR count). The van der Waals surface area contributed by atoms with Gasteiger partial charge in [-0.3, -0.25) is 4.79 Å². The minimum atomic E-state index is -0.992. The van der Waals surface area contributed by atoms with E-state index >= 15 is 0 Å². The van der Waals surface area contributed by atoms with Crippen LogP contribution in [0, 0.1) is 6.92 Å². The first-order chi connectivity index (χ1) is 12.5. The van der Waals surface area contributed by atoms with Crippen LogP contribution in [-0.2, 0) is 13.5 Å². The zero-order valence-corrected chi connectivity index (χ0v) is 15.0. The van der Waals surface area contributed by atoms with E-state index in [1.54, 1.807) is 26.5 Å². The van der Waals surface area contributed by atoms with E-state index in [2.05, 4.69) is 15.3 Å². The van der Waals surface area contributed by atoms with Crippen molar-refractivity contribution in [1.82, 2.24) is 29.3 Å². The van der Waals surface area contributed by atoms with Gasteiger partial charge < -0.3 is 14.6 Å². The largest absolute Gasteiger partial charge is 0.388 e. The SMILES string of the molecule is Cc1ccn2ncc(C(=O)N3CCCC(O)(Cc4nncn4C)C3)c2c1. The normalized spacial score (nSPS) is 20.7. The number of pyridine rings is 1. The summed E-state index contributed by atoms with van der Waals surface area (Å²) in [5, 5.41) is 23.2. The van der Waals surface area contributed by atoms with E-state index < -0.39 is 5.60 Å². The molecular weight excluding hydrogens is 332 g/mol. The van der Waals surface area contributed by atoms with Crippen LogP contribution in [-0.4, -0.2) is 59.0 Å². The van der Waals surface area contributed by atoms with Crippen LogP contribution in [0.1, 0.15) is 34.6 Å². The molecule has 26 heavy (non-hydrogen) atoms. The summed E-state index contributed by atoms with van der Waals surface area (Å²) in [5.41, 5.74) is 1.44. The Kier molecular flexibility index (Phi) is 3.99. The number of rotatable bonds is 3. The van der Waals surface area contributed by atoms with Gasteiger partial charge in [0.15, 0.2) is 0 Å². The Morgan fingerprint density at radius 1 is 1.42 bits per heavy atom. The number of hydrogen-bond donors (Lipinski definition) is 1. The number of aromatic nitrogens is 5. The Bertz CT molecular complexity index is 962. The Morgan fingerprint density at radius 2 is 2.27 bits per heavy atom. The third-order valence-electron chi connectivity index (χ3n) is 5.04. The van der Waals surface area contributed by atoms with Crippen molar-refractivity contribution in [2.45, 2.75) is 31.8 Å². The maximum atomic E-state index is 13.1. The van der Waals surface area contributed by atoms with E-state index in [-0.39, 0.29) is 12.5 Å². The van der Waals surface area contributed by atoms with E-state index in [1.807, 2.05) is 32.3 Å². The molecule has 1 fully saturated rings. The lowest BCUT2D eigenvalue weighted by Crippen LogP contribution is -2.51. The summed E-state index contributed by atoms with van der Waals surface area (Å²) in [5.74, 6) is 0.620. The van der Waals surface area contributed by atoms with Crippen molar-refractivity contribution in [1.29, 1.82) is 0 Å². The Morgan fingerprint density at radius 3 is 3.04 bits per heavy atom. The highest BCUT2D eigenvalue weighted by atomic mass is 16.3.